The Labute approximate surface area is 126 Å². The molecule has 5 nitrogen and oxygen atoms in total. The summed E-state index contributed by atoms with van der Waals surface area (Å²) in [5, 5.41) is 0. The fourth-order valence-electron chi connectivity index (χ4n) is 3.53. The van der Waals surface area contributed by atoms with Crippen molar-refractivity contribution in [2.45, 2.75) is 23.8 Å². The van der Waals surface area contributed by atoms with Crippen LogP contribution in [0.1, 0.15) is 18.4 Å². The summed E-state index contributed by atoms with van der Waals surface area (Å²) >= 11 is 1.65. The van der Waals surface area contributed by atoms with E-state index in [1.807, 2.05) is 30.3 Å². The zero-order valence-electron chi connectivity index (χ0n) is 11.3. The molecule has 3 aliphatic rings. The van der Waals surface area contributed by atoms with Gasteiger partial charge >= 0.3 is 0 Å². The second-order valence-electron chi connectivity index (χ2n) is 5.46. The number of β-lactam (4-membered cyclic amide) rings is 1. The van der Waals surface area contributed by atoms with Crippen LogP contribution >= 0.6 is 11.8 Å². The van der Waals surface area contributed by atoms with Crippen LogP contribution in [0.3, 0.4) is 0 Å². The molecular formula is C15H14N2O3S. The summed E-state index contributed by atoms with van der Waals surface area (Å²) < 4.78 is 0. The lowest BCUT2D eigenvalue weighted by molar-refractivity contribution is -0.170. The highest BCUT2D eigenvalue weighted by Crippen LogP contribution is 2.56. The molecule has 0 aromatic heterocycles. The molecule has 0 bridgehead atoms. The van der Waals surface area contributed by atoms with E-state index >= 15 is 0 Å². The highest BCUT2D eigenvalue weighted by atomic mass is 32.2. The number of nitrogens with zero attached hydrogens (tertiary/aromatic N) is 2. The van der Waals surface area contributed by atoms with Gasteiger partial charge in [-0.3, -0.25) is 19.3 Å². The first-order chi connectivity index (χ1) is 10.2. The zero-order valence-corrected chi connectivity index (χ0v) is 12.1. The average molecular weight is 302 g/mol. The van der Waals surface area contributed by atoms with E-state index in [4.69, 9.17) is 0 Å². The van der Waals surface area contributed by atoms with Gasteiger partial charge in [0.1, 0.15) is 4.87 Å². The Morgan fingerprint density at radius 2 is 1.71 bits per heavy atom. The number of carbonyl (C=O) groups excluding carboxylic acids is 3. The molecule has 2 unspecified atom stereocenters. The maximum Gasteiger partial charge on any atom is 0.251 e. The largest absolute Gasteiger partial charge is 0.319 e. The number of carbonyl (C=O) groups is 3. The molecule has 3 saturated heterocycles. The van der Waals surface area contributed by atoms with E-state index in [0.717, 1.165) is 11.3 Å². The van der Waals surface area contributed by atoms with Gasteiger partial charge in [-0.15, -0.1) is 11.8 Å². The third kappa shape index (κ3) is 1.51. The second-order valence-corrected chi connectivity index (χ2v) is 6.78. The molecule has 108 valence electrons. The second kappa shape index (κ2) is 4.34. The Hall–Kier alpha value is -1.82. The minimum Gasteiger partial charge on any atom is -0.319 e. The van der Waals surface area contributed by atoms with Crippen molar-refractivity contribution >= 4 is 29.5 Å². The number of thioether (sulfide) groups is 1. The molecule has 1 aromatic rings. The molecule has 3 heterocycles. The Morgan fingerprint density at radius 3 is 2.38 bits per heavy atom. The normalized spacial score (nSPS) is 31.6. The first-order valence-corrected chi connectivity index (χ1v) is 8.00. The van der Waals surface area contributed by atoms with E-state index in [9.17, 15) is 14.4 Å². The smallest absolute Gasteiger partial charge is 0.251 e. The van der Waals surface area contributed by atoms with Crippen molar-refractivity contribution in [1.82, 2.24) is 9.80 Å². The van der Waals surface area contributed by atoms with Gasteiger partial charge in [0, 0.05) is 25.1 Å². The molecule has 0 saturated carbocycles. The minimum absolute atomic E-state index is 0.104. The van der Waals surface area contributed by atoms with Gasteiger partial charge < -0.3 is 4.90 Å². The summed E-state index contributed by atoms with van der Waals surface area (Å²) in [6.07, 6.45) is 0.441. The summed E-state index contributed by atoms with van der Waals surface area (Å²) in [7, 11) is 0. The van der Waals surface area contributed by atoms with Crippen molar-refractivity contribution < 1.29 is 14.4 Å². The number of rotatable bonds is 2. The van der Waals surface area contributed by atoms with Crippen molar-refractivity contribution in [2.24, 2.45) is 0 Å². The van der Waals surface area contributed by atoms with E-state index in [2.05, 4.69) is 0 Å². The highest BCUT2D eigenvalue weighted by molar-refractivity contribution is 8.00. The van der Waals surface area contributed by atoms with Crippen LogP contribution in [0.25, 0.3) is 0 Å². The number of fused-ring (bicyclic) bond motifs is 1. The lowest BCUT2D eigenvalue weighted by atomic mass is 9.86. The van der Waals surface area contributed by atoms with Crippen molar-refractivity contribution in [2.75, 3.05) is 12.3 Å². The molecule has 3 aliphatic heterocycles. The highest BCUT2D eigenvalue weighted by Gasteiger charge is 2.68. The van der Waals surface area contributed by atoms with Crippen molar-refractivity contribution in [3.8, 4) is 0 Å². The van der Waals surface area contributed by atoms with E-state index in [1.165, 1.54) is 4.90 Å². The molecule has 21 heavy (non-hydrogen) atoms. The van der Waals surface area contributed by atoms with Crippen LogP contribution in [0.2, 0.25) is 0 Å². The van der Waals surface area contributed by atoms with Crippen molar-refractivity contribution in [3.63, 3.8) is 0 Å². The maximum atomic E-state index is 12.5. The molecule has 1 aromatic carbocycles. The fraction of sp³-hybridized carbons (Fsp3) is 0.400. The number of likely N-dealkylation sites (tertiary alicyclic amines) is 1. The number of hydrogen-bond acceptors (Lipinski definition) is 4. The topological polar surface area (TPSA) is 57.7 Å². The zero-order chi connectivity index (χ0) is 14.6. The van der Waals surface area contributed by atoms with E-state index < -0.39 is 10.9 Å². The third-order valence-corrected chi connectivity index (χ3v) is 5.95. The summed E-state index contributed by atoms with van der Waals surface area (Å²) in [5.74, 6) is 0.280. The van der Waals surface area contributed by atoms with Crippen molar-refractivity contribution in [3.05, 3.63) is 35.9 Å². The van der Waals surface area contributed by atoms with Crippen LogP contribution in [0.5, 0.6) is 0 Å². The molecule has 0 spiro atoms. The van der Waals surface area contributed by atoms with Crippen LogP contribution in [0.15, 0.2) is 30.3 Å². The van der Waals surface area contributed by atoms with Gasteiger partial charge in [-0.1, -0.05) is 30.3 Å². The molecule has 0 N–H and O–H groups in total. The molecule has 0 radical (unpaired) electrons. The molecular weight excluding hydrogens is 288 g/mol. The van der Waals surface area contributed by atoms with E-state index in [0.29, 0.717) is 6.54 Å². The number of amides is 3. The Morgan fingerprint density at radius 1 is 1.05 bits per heavy atom. The van der Waals surface area contributed by atoms with E-state index in [-0.39, 0.29) is 30.6 Å². The fourth-order valence-corrected chi connectivity index (χ4v) is 5.12. The first kappa shape index (κ1) is 12.9. The first-order valence-electron chi connectivity index (χ1n) is 7.02. The predicted octanol–water partition coefficient (Wildman–Crippen LogP) is 0.946. The van der Waals surface area contributed by atoms with Gasteiger partial charge in [0.25, 0.3) is 5.91 Å². The number of imide groups is 1. The van der Waals surface area contributed by atoms with E-state index in [1.54, 1.807) is 16.7 Å². The molecule has 0 aliphatic carbocycles. The summed E-state index contributed by atoms with van der Waals surface area (Å²) in [5.41, 5.74) is 0.990. The molecule has 4 rings (SSSR count). The van der Waals surface area contributed by atoms with Gasteiger partial charge in [-0.25, -0.2) is 0 Å². The maximum absolute atomic E-state index is 12.5. The van der Waals surface area contributed by atoms with Crippen LogP contribution in [0.4, 0.5) is 0 Å². The molecule has 3 fully saturated rings. The number of hydrogen-bond donors (Lipinski definition) is 0. The van der Waals surface area contributed by atoms with Crippen molar-refractivity contribution in [1.29, 1.82) is 0 Å². The molecule has 3 amide bonds. The Bertz CT molecular complexity index is 632. The van der Waals surface area contributed by atoms with Crippen LogP contribution < -0.4 is 0 Å². The van der Waals surface area contributed by atoms with Gasteiger partial charge in [0.05, 0.1) is 0 Å². The van der Waals surface area contributed by atoms with Gasteiger partial charge in [0.15, 0.2) is 6.04 Å². The average Bonchev–Trinajstić information content (AvgIpc) is 3.04. The quantitative estimate of drug-likeness (QED) is 0.603. The van der Waals surface area contributed by atoms with Gasteiger partial charge in [-0.2, -0.15) is 0 Å². The lowest BCUT2D eigenvalue weighted by Gasteiger charge is -2.55. The molecule has 2 atom stereocenters. The predicted molar refractivity (Wildman–Crippen MR) is 77.2 cm³/mol. The standard InChI is InChI=1S/C15H14N2O3S/c18-11-6-7-12(19)17(11)13-14(20)16-8-9-21-15(13,16)10-4-2-1-3-5-10/h1-5,13H,6-9H2. The van der Waals surface area contributed by atoms with Crippen LogP contribution in [-0.4, -0.2) is 45.9 Å². The van der Waals surface area contributed by atoms with Crippen LogP contribution in [-0.2, 0) is 19.3 Å². The summed E-state index contributed by atoms with van der Waals surface area (Å²) in [6, 6.07) is 9.04. The summed E-state index contributed by atoms with van der Waals surface area (Å²) in [6.45, 7) is 0.672. The van der Waals surface area contributed by atoms with Gasteiger partial charge in [0.2, 0.25) is 11.8 Å². The van der Waals surface area contributed by atoms with Gasteiger partial charge in [-0.05, 0) is 5.56 Å². The minimum atomic E-state index is -0.671. The summed E-state index contributed by atoms with van der Waals surface area (Å²) in [4.78, 5) is 39.0. The lowest BCUT2D eigenvalue weighted by Crippen LogP contribution is -2.74. The number of benzene rings is 1. The Kier molecular flexibility index (Phi) is 2.66. The third-order valence-electron chi connectivity index (χ3n) is 4.44. The molecule has 6 heteroatoms. The SMILES string of the molecule is O=C1CCC(=O)N1C1C(=O)N2CCSC12c1ccccc1. The van der Waals surface area contributed by atoms with Crippen LogP contribution in [0, 0.1) is 0 Å². The Balaban J connectivity index is 1.81. The monoisotopic (exact) mass is 302 g/mol.